The minimum atomic E-state index is -1.84. The molecule has 0 saturated carbocycles. The summed E-state index contributed by atoms with van der Waals surface area (Å²) in [5.74, 6) is -0.526. The van der Waals surface area contributed by atoms with Crippen LogP contribution in [0.4, 0.5) is 0 Å². The van der Waals surface area contributed by atoms with Crippen molar-refractivity contribution >= 4 is 11.0 Å². The van der Waals surface area contributed by atoms with Crippen molar-refractivity contribution in [3.05, 3.63) is 52.7 Å². The first-order chi connectivity index (χ1) is 20.0. The molecule has 15 nitrogen and oxygen atoms in total. The molecule has 0 aliphatic carbocycles. The summed E-state index contributed by atoms with van der Waals surface area (Å²) < 4.78 is 27.8. The van der Waals surface area contributed by atoms with Crippen molar-refractivity contribution in [1.82, 2.24) is 0 Å². The molecule has 3 aromatic rings. The van der Waals surface area contributed by atoms with Crippen LogP contribution in [0, 0.1) is 0 Å². The lowest BCUT2D eigenvalue weighted by molar-refractivity contribution is -0.352. The molecular formula is C27H30O15. The monoisotopic (exact) mass is 594 g/mol. The van der Waals surface area contributed by atoms with E-state index in [2.05, 4.69) is 0 Å². The van der Waals surface area contributed by atoms with Crippen molar-refractivity contribution in [3.63, 3.8) is 0 Å². The number of phenols is 2. The third kappa shape index (κ3) is 5.67. The fourth-order valence-electron chi connectivity index (χ4n) is 4.87. The third-order valence-electron chi connectivity index (χ3n) is 7.15. The number of aliphatic hydroxyl groups is 7. The summed E-state index contributed by atoms with van der Waals surface area (Å²) in [6.45, 7) is -1.51. The summed E-state index contributed by atoms with van der Waals surface area (Å²) in [4.78, 5) is 12.7. The van der Waals surface area contributed by atoms with Crippen LogP contribution in [0.1, 0.15) is 0 Å². The van der Waals surface area contributed by atoms with E-state index >= 15 is 0 Å². The Morgan fingerprint density at radius 1 is 0.738 bits per heavy atom. The van der Waals surface area contributed by atoms with Crippen LogP contribution in [0.5, 0.6) is 17.2 Å². The van der Waals surface area contributed by atoms with Gasteiger partial charge in [0.1, 0.15) is 82.8 Å². The molecule has 1 aromatic heterocycles. The summed E-state index contributed by atoms with van der Waals surface area (Å²) >= 11 is 0. The molecule has 0 bridgehead atoms. The lowest BCUT2D eigenvalue weighted by Gasteiger charge is -2.45. The summed E-state index contributed by atoms with van der Waals surface area (Å²) in [6, 6.07) is 9.31. The van der Waals surface area contributed by atoms with E-state index in [-0.39, 0.29) is 28.2 Å². The molecule has 0 amide bonds. The predicted molar refractivity (Wildman–Crippen MR) is 138 cm³/mol. The van der Waals surface area contributed by atoms with Gasteiger partial charge in [0.05, 0.1) is 13.2 Å². The predicted octanol–water partition coefficient (Wildman–Crippen LogP) is -2.13. The van der Waals surface area contributed by atoms with E-state index < -0.39 is 85.8 Å². The van der Waals surface area contributed by atoms with Gasteiger partial charge in [-0.15, -0.1) is 0 Å². The molecule has 0 radical (unpaired) electrons. The molecule has 2 saturated heterocycles. The van der Waals surface area contributed by atoms with E-state index in [1.807, 2.05) is 0 Å². The van der Waals surface area contributed by atoms with Crippen LogP contribution >= 0.6 is 0 Å². The maximum Gasteiger partial charge on any atom is 0.229 e. The number of aromatic hydroxyl groups is 2. The Morgan fingerprint density at radius 3 is 2.05 bits per heavy atom. The highest BCUT2D eigenvalue weighted by Crippen LogP contribution is 2.34. The average Bonchev–Trinajstić information content (AvgIpc) is 2.96. The van der Waals surface area contributed by atoms with Crippen molar-refractivity contribution in [2.75, 3.05) is 13.2 Å². The first-order valence-corrected chi connectivity index (χ1v) is 12.9. The second-order valence-corrected chi connectivity index (χ2v) is 9.96. The number of hydrogen-bond donors (Lipinski definition) is 9. The lowest BCUT2D eigenvalue weighted by Crippen LogP contribution is -2.65. The lowest BCUT2D eigenvalue weighted by atomic mass is 9.97. The van der Waals surface area contributed by atoms with Gasteiger partial charge in [0.15, 0.2) is 11.7 Å². The molecule has 15 heteroatoms. The number of rotatable bonds is 7. The van der Waals surface area contributed by atoms with E-state index in [0.29, 0.717) is 5.56 Å². The minimum Gasteiger partial charge on any atom is -0.508 e. The number of aliphatic hydroxyl groups excluding tert-OH is 7. The number of phenolic OH excluding ortho intramolecular Hbond substituents is 2. The molecule has 9 N–H and O–H groups in total. The molecule has 3 heterocycles. The minimum absolute atomic E-state index is 0.00505. The van der Waals surface area contributed by atoms with E-state index in [4.69, 9.17) is 23.4 Å². The molecule has 42 heavy (non-hydrogen) atoms. The smallest absolute Gasteiger partial charge is 0.229 e. The van der Waals surface area contributed by atoms with Gasteiger partial charge >= 0.3 is 0 Å². The number of benzene rings is 2. The van der Waals surface area contributed by atoms with Crippen LogP contribution < -0.4 is 10.2 Å². The zero-order valence-electron chi connectivity index (χ0n) is 21.7. The zero-order chi connectivity index (χ0) is 30.3. The maximum atomic E-state index is 12.7. The van der Waals surface area contributed by atoms with Gasteiger partial charge in [-0.2, -0.15) is 0 Å². The Balaban J connectivity index is 1.37. The quantitative estimate of drug-likeness (QED) is 0.142. The Kier molecular flexibility index (Phi) is 8.68. The van der Waals surface area contributed by atoms with E-state index in [0.717, 1.165) is 6.07 Å². The summed E-state index contributed by atoms with van der Waals surface area (Å²) in [5.41, 5.74) is -0.196. The average molecular weight is 595 g/mol. The molecule has 2 aliphatic heterocycles. The first kappa shape index (κ1) is 30.1. The Labute approximate surface area is 236 Å². The van der Waals surface area contributed by atoms with Gasteiger partial charge in [0, 0.05) is 23.8 Å². The topological polar surface area (TPSA) is 249 Å². The van der Waals surface area contributed by atoms with Crippen molar-refractivity contribution in [1.29, 1.82) is 0 Å². The van der Waals surface area contributed by atoms with Gasteiger partial charge < -0.3 is 69.3 Å². The van der Waals surface area contributed by atoms with Crippen molar-refractivity contribution < 1.29 is 69.3 Å². The van der Waals surface area contributed by atoms with Crippen LogP contribution in [-0.2, 0) is 14.2 Å². The summed E-state index contributed by atoms with van der Waals surface area (Å²) in [7, 11) is 0. The largest absolute Gasteiger partial charge is 0.508 e. The molecule has 0 spiro atoms. The van der Waals surface area contributed by atoms with Crippen LogP contribution in [0.15, 0.2) is 51.7 Å². The van der Waals surface area contributed by atoms with Gasteiger partial charge in [-0.1, -0.05) is 0 Å². The highest BCUT2D eigenvalue weighted by molar-refractivity contribution is 5.86. The highest BCUT2D eigenvalue weighted by Gasteiger charge is 2.51. The summed E-state index contributed by atoms with van der Waals surface area (Å²) in [5, 5.41) is 91.0. The molecule has 5 rings (SSSR count). The van der Waals surface area contributed by atoms with Gasteiger partial charge in [-0.3, -0.25) is 4.79 Å². The fraction of sp³-hybridized carbons (Fsp3) is 0.444. The standard InChI is InChI=1S/C27H30O15/c28-8-17-20(33)21(34)23(36)27(40-17)42-25-18(9-29)41-26(24(37)22(25)35)38-12-5-13(31)19-14(32)7-15(39-16(19)6-12)10-1-3-11(30)4-2-10/h1-7,17-18,20-31,33-37H,8-9H2/t17-,18-,20-,21-,22-,23-,24-,25+,26-,27+/m0/s1. The Morgan fingerprint density at radius 2 is 1.38 bits per heavy atom. The van der Waals surface area contributed by atoms with Gasteiger partial charge in [0.25, 0.3) is 0 Å². The summed E-state index contributed by atoms with van der Waals surface area (Å²) in [6.07, 6.45) is -16.5. The Hall–Kier alpha value is -3.35. The molecule has 10 atom stereocenters. The normalized spacial score (nSPS) is 33.5. The molecule has 2 aromatic carbocycles. The van der Waals surface area contributed by atoms with Crippen molar-refractivity contribution in [3.8, 4) is 28.6 Å². The molecule has 2 aliphatic rings. The second kappa shape index (κ2) is 12.1. The van der Waals surface area contributed by atoms with Crippen LogP contribution in [0.25, 0.3) is 22.3 Å². The third-order valence-corrected chi connectivity index (χ3v) is 7.15. The van der Waals surface area contributed by atoms with Gasteiger partial charge in [-0.05, 0) is 24.3 Å². The number of ether oxygens (including phenoxy) is 4. The van der Waals surface area contributed by atoms with Gasteiger partial charge in [-0.25, -0.2) is 0 Å². The van der Waals surface area contributed by atoms with Crippen molar-refractivity contribution in [2.24, 2.45) is 0 Å². The van der Waals surface area contributed by atoms with E-state index in [9.17, 15) is 50.8 Å². The molecule has 2 fully saturated rings. The fourth-order valence-corrected chi connectivity index (χ4v) is 4.87. The highest BCUT2D eigenvalue weighted by atomic mass is 16.7. The maximum absolute atomic E-state index is 12.7. The first-order valence-electron chi connectivity index (χ1n) is 12.9. The molecular weight excluding hydrogens is 564 g/mol. The van der Waals surface area contributed by atoms with Crippen LogP contribution in [0.2, 0.25) is 0 Å². The zero-order valence-corrected chi connectivity index (χ0v) is 21.7. The molecule has 0 unspecified atom stereocenters. The van der Waals surface area contributed by atoms with Crippen LogP contribution in [-0.4, -0.2) is 121 Å². The van der Waals surface area contributed by atoms with E-state index in [1.165, 1.54) is 36.4 Å². The SMILES string of the molecule is O=c1cc(-c2ccc(O)cc2)oc2cc(O[C@H]3O[C@@H](CO)[C@@H](O[C@H]4O[C@@H](CO)[C@H](O)[C@H](O)[C@@H]4O)[C@@H](O)[C@@H]3O)cc(O)c12. The van der Waals surface area contributed by atoms with Crippen LogP contribution in [0.3, 0.4) is 0 Å². The Bertz CT molecular complexity index is 1440. The number of hydrogen-bond acceptors (Lipinski definition) is 15. The molecule has 228 valence electrons. The number of fused-ring (bicyclic) bond motifs is 1. The van der Waals surface area contributed by atoms with Gasteiger partial charge in [0.2, 0.25) is 6.29 Å². The van der Waals surface area contributed by atoms with Crippen molar-refractivity contribution in [2.45, 2.75) is 61.4 Å². The van der Waals surface area contributed by atoms with E-state index in [1.54, 1.807) is 0 Å². The second-order valence-electron chi connectivity index (χ2n) is 9.96.